The number of hydrogen-bond donors (Lipinski definition) is 0. The molecule has 3 aromatic rings. The van der Waals surface area contributed by atoms with Crippen molar-refractivity contribution in [3.05, 3.63) is 97.1 Å². The van der Waals surface area contributed by atoms with Gasteiger partial charge in [-0.1, -0.05) is 106 Å². The molecule has 0 amide bonds. The standard InChI is InChI=1S/C24H26OSi/c1-5-20-13-12-14-21(19-20)25-26(24(2,3)4,22-15-8-6-9-16-22)23-17-10-7-11-18-23/h5-19H,1H2,2-4H3. The molecule has 0 aliphatic carbocycles. The molecule has 0 unspecified atom stereocenters. The summed E-state index contributed by atoms with van der Waals surface area (Å²) in [4.78, 5) is 0. The van der Waals surface area contributed by atoms with Crippen molar-refractivity contribution >= 4 is 24.8 Å². The fraction of sp³-hybridized carbons (Fsp3) is 0.167. The summed E-state index contributed by atoms with van der Waals surface area (Å²) >= 11 is 0. The van der Waals surface area contributed by atoms with Gasteiger partial charge in [0.25, 0.3) is 0 Å². The maximum absolute atomic E-state index is 6.97. The maximum Gasteiger partial charge on any atom is 0.319 e. The number of rotatable bonds is 5. The van der Waals surface area contributed by atoms with Crippen LogP contribution in [0, 0.1) is 0 Å². The van der Waals surface area contributed by atoms with Crippen LogP contribution in [0.2, 0.25) is 5.04 Å². The summed E-state index contributed by atoms with van der Waals surface area (Å²) in [7, 11) is -2.56. The highest BCUT2D eigenvalue weighted by Crippen LogP contribution is 2.37. The summed E-state index contributed by atoms with van der Waals surface area (Å²) in [6, 6.07) is 29.6. The summed E-state index contributed by atoms with van der Waals surface area (Å²) in [6.07, 6.45) is 1.86. The van der Waals surface area contributed by atoms with E-state index in [9.17, 15) is 0 Å². The normalized spacial score (nSPS) is 11.8. The SMILES string of the molecule is C=Cc1cccc(O[Si](c2ccccc2)(c2ccccc2)C(C)(C)C)c1. The van der Waals surface area contributed by atoms with Crippen LogP contribution in [0.1, 0.15) is 26.3 Å². The fourth-order valence-electron chi connectivity index (χ4n) is 3.53. The molecule has 3 rings (SSSR count). The van der Waals surface area contributed by atoms with E-state index in [4.69, 9.17) is 4.43 Å². The lowest BCUT2D eigenvalue weighted by Crippen LogP contribution is -2.68. The van der Waals surface area contributed by atoms with E-state index in [0.29, 0.717) is 0 Å². The Morgan fingerprint density at radius 3 is 1.77 bits per heavy atom. The van der Waals surface area contributed by atoms with Gasteiger partial charge in [-0.15, -0.1) is 0 Å². The van der Waals surface area contributed by atoms with Crippen molar-refractivity contribution < 1.29 is 4.43 Å². The Balaban J connectivity index is 2.25. The lowest BCUT2D eigenvalue weighted by Gasteiger charge is -2.43. The predicted molar refractivity (Wildman–Crippen MR) is 115 cm³/mol. The quantitative estimate of drug-likeness (QED) is 0.565. The van der Waals surface area contributed by atoms with Crippen LogP contribution >= 0.6 is 0 Å². The second-order valence-electron chi connectivity index (χ2n) is 7.54. The molecule has 0 saturated carbocycles. The molecule has 3 aromatic carbocycles. The minimum atomic E-state index is -2.56. The predicted octanol–water partition coefficient (Wildman–Crippen LogP) is 5.27. The van der Waals surface area contributed by atoms with Gasteiger partial charge in [0.1, 0.15) is 5.75 Å². The van der Waals surface area contributed by atoms with Crippen molar-refractivity contribution in [3.63, 3.8) is 0 Å². The van der Waals surface area contributed by atoms with E-state index < -0.39 is 8.32 Å². The summed E-state index contributed by atoms with van der Waals surface area (Å²) in [5.41, 5.74) is 1.07. The van der Waals surface area contributed by atoms with Crippen LogP contribution in [-0.4, -0.2) is 8.32 Å². The molecular weight excluding hydrogens is 332 g/mol. The average Bonchev–Trinajstić information content (AvgIpc) is 2.66. The molecule has 0 aliphatic heterocycles. The first-order valence-corrected chi connectivity index (χ1v) is 10.9. The Kier molecular flexibility index (Phi) is 5.15. The summed E-state index contributed by atoms with van der Waals surface area (Å²) < 4.78 is 6.97. The molecule has 0 aliphatic rings. The molecule has 0 bridgehead atoms. The molecule has 0 saturated heterocycles. The van der Waals surface area contributed by atoms with Crippen molar-refractivity contribution in [2.45, 2.75) is 25.8 Å². The summed E-state index contributed by atoms with van der Waals surface area (Å²) in [5.74, 6) is 0.900. The number of benzene rings is 3. The van der Waals surface area contributed by atoms with E-state index >= 15 is 0 Å². The van der Waals surface area contributed by atoms with E-state index in [1.165, 1.54) is 10.4 Å². The van der Waals surface area contributed by atoms with E-state index in [2.05, 4.69) is 94.1 Å². The molecule has 0 radical (unpaired) electrons. The first-order valence-electron chi connectivity index (χ1n) is 9.00. The first kappa shape index (κ1) is 18.2. The van der Waals surface area contributed by atoms with Crippen LogP contribution in [-0.2, 0) is 0 Å². The Labute approximate surface area is 158 Å². The van der Waals surface area contributed by atoms with Crippen molar-refractivity contribution in [3.8, 4) is 5.75 Å². The Morgan fingerprint density at radius 1 is 0.769 bits per heavy atom. The lowest BCUT2D eigenvalue weighted by molar-refractivity contribution is 0.508. The van der Waals surface area contributed by atoms with Gasteiger partial charge in [-0.25, -0.2) is 0 Å². The maximum atomic E-state index is 6.97. The van der Waals surface area contributed by atoms with Gasteiger partial charge in [0.05, 0.1) is 0 Å². The van der Waals surface area contributed by atoms with Crippen LogP contribution in [0.3, 0.4) is 0 Å². The first-order chi connectivity index (χ1) is 12.5. The fourth-order valence-corrected chi connectivity index (χ4v) is 7.94. The highest BCUT2D eigenvalue weighted by atomic mass is 28.4. The van der Waals surface area contributed by atoms with Crippen molar-refractivity contribution in [1.82, 2.24) is 0 Å². The van der Waals surface area contributed by atoms with Gasteiger partial charge in [-0.2, -0.15) is 0 Å². The second kappa shape index (κ2) is 7.34. The summed E-state index contributed by atoms with van der Waals surface area (Å²) in [5, 5.41) is 2.52. The average molecular weight is 359 g/mol. The Hall–Kier alpha value is -2.58. The molecule has 0 aromatic heterocycles. The van der Waals surface area contributed by atoms with Gasteiger partial charge in [0.15, 0.2) is 0 Å². The highest BCUT2D eigenvalue weighted by molar-refractivity contribution is 7.00. The minimum Gasteiger partial charge on any atom is -0.534 e. The Morgan fingerprint density at radius 2 is 1.31 bits per heavy atom. The van der Waals surface area contributed by atoms with Crippen LogP contribution in [0.4, 0.5) is 0 Å². The third-order valence-corrected chi connectivity index (χ3v) is 9.73. The molecule has 1 nitrogen and oxygen atoms in total. The van der Waals surface area contributed by atoms with Gasteiger partial charge < -0.3 is 4.43 Å². The van der Waals surface area contributed by atoms with Crippen molar-refractivity contribution in [1.29, 1.82) is 0 Å². The largest absolute Gasteiger partial charge is 0.534 e. The van der Waals surface area contributed by atoms with E-state index in [1.807, 2.05) is 24.3 Å². The van der Waals surface area contributed by atoms with Crippen LogP contribution < -0.4 is 14.8 Å². The van der Waals surface area contributed by atoms with Gasteiger partial charge in [0, 0.05) is 0 Å². The minimum absolute atomic E-state index is 0.0418. The molecule has 132 valence electrons. The second-order valence-corrected chi connectivity index (χ2v) is 11.8. The molecule has 26 heavy (non-hydrogen) atoms. The third kappa shape index (κ3) is 3.38. The van der Waals surface area contributed by atoms with E-state index in [1.54, 1.807) is 0 Å². The molecule has 2 heteroatoms. The molecule has 0 N–H and O–H groups in total. The molecular formula is C24H26OSi. The highest BCUT2D eigenvalue weighted by Gasteiger charge is 2.52. The third-order valence-electron chi connectivity index (χ3n) is 4.78. The number of hydrogen-bond acceptors (Lipinski definition) is 1. The topological polar surface area (TPSA) is 9.23 Å². The van der Waals surface area contributed by atoms with Crippen molar-refractivity contribution in [2.24, 2.45) is 0 Å². The van der Waals surface area contributed by atoms with Gasteiger partial charge in [0.2, 0.25) is 0 Å². The molecule has 0 heterocycles. The zero-order chi connectivity index (χ0) is 18.6. The molecule has 0 atom stereocenters. The zero-order valence-electron chi connectivity index (χ0n) is 15.8. The van der Waals surface area contributed by atoms with Gasteiger partial charge >= 0.3 is 8.32 Å². The smallest absolute Gasteiger partial charge is 0.319 e. The van der Waals surface area contributed by atoms with Crippen LogP contribution in [0.15, 0.2) is 91.5 Å². The lowest BCUT2D eigenvalue weighted by atomic mass is 10.2. The Bertz CT molecular complexity index is 824. The van der Waals surface area contributed by atoms with Crippen molar-refractivity contribution in [2.75, 3.05) is 0 Å². The molecule has 0 fully saturated rings. The van der Waals surface area contributed by atoms with Gasteiger partial charge in [-0.3, -0.25) is 0 Å². The molecule has 0 spiro atoms. The summed E-state index contributed by atoms with van der Waals surface area (Å²) in [6.45, 7) is 10.8. The van der Waals surface area contributed by atoms with Crippen LogP contribution in [0.25, 0.3) is 6.08 Å². The van der Waals surface area contributed by atoms with Gasteiger partial charge in [-0.05, 0) is 33.1 Å². The zero-order valence-corrected chi connectivity index (χ0v) is 16.8. The van der Waals surface area contributed by atoms with E-state index in [-0.39, 0.29) is 5.04 Å². The monoisotopic (exact) mass is 358 g/mol. The van der Waals surface area contributed by atoms with E-state index in [0.717, 1.165) is 11.3 Å². The van der Waals surface area contributed by atoms with Crippen LogP contribution in [0.5, 0.6) is 5.75 Å².